The molecule has 0 radical (unpaired) electrons. The van der Waals surface area contributed by atoms with Crippen molar-refractivity contribution < 1.29 is 22.5 Å². The molecule has 0 saturated heterocycles. The summed E-state index contributed by atoms with van der Waals surface area (Å²) in [6, 6.07) is 9.29. The summed E-state index contributed by atoms with van der Waals surface area (Å²) in [7, 11) is -2.68. The SMILES string of the molecule is C=CCOc1ccc(CN(C)S(=O)(=O)c2ccc(F)c([N+](=O)[O-])c2)cc1. The summed E-state index contributed by atoms with van der Waals surface area (Å²) in [6.45, 7) is 3.94. The quantitative estimate of drug-likeness (QED) is 0.399. The van der Waals surface area contributed by atoms with Gasteiger partial charge in [0.05, 0.1) is 9.82 Å². The minimum Gasteiger partial charge on any atom is -0.490 e. The number of nitro groups is 1. The van der Waals surface area contributed by atoms with E-state index in [9.17, 15) is 22.9 Å². The predicted molar refractivity (Wildman–Crippen MR) is 93.8 cm³/mol. The van der Waals surface area contributed by atoms with Gasteiger partial charge in [0, 0.05) is 19.7 Å². The number of benzene rings is 2. The highest BCUT2D eigenvalue weighted by Gasteiger charge is 2.25. The van der Waals surface area contributed by atoms with Crippen LogP contribution in [0.1, 0.15) is 5.56 Å². The highest BCUT2D eigenvalue weighted by molar-refractivity contribution is 7.89. The van der Waals surface area contributed by atoms with Crippen LogP contribution in [0, 0.1) is 15.9 Å². The van der Waals surface area contributed by atoms with Gasteiger partial charge in [0.2, 0.25) is 15.8 Å². The molecule has 0 heterocycles. The van der Waals surface area contributed by atoms with E-state index >= 15 is 0 Å². The van der Waals surface area contributed by atoms with Crippen molar-refractivity contribution in [1.82, 2.24) is 4.31 Å². The molecular weight excluding hydrogens is 363 g/mol. The fraction of sp³-hybridized carbons (Fsp3) is 0.176. The first-order valence-corrected chi connectivity index (χ1v) is 8.92. The zero-order chi connectivity index (χ0) is 19.3. The molecule has 0 unspecified atom stereocenters. The molecule has 2 rings (SSSR count). The summed E-state index contributed by atoms with van der Waals surface area (Å²) in [5.41, 5.74) is -0.193. The third-order valence-electron chi connectivity index (χ3n) is 3.52. The average Bonchev–Trinajstić information content (AvgIpc) is 2.61. The van der Waals surface area contributed by atoms with E-state index in [0.717, 1.165) is 16.4 Å². The zero-order valence-corrected chi connectivity index (χ0v) is 14.8. The standard InChI is InChI=1S/C17H17FN2O5S/c1-3-10-25-14-6-4-13(5-7-14)12-19(2)26(23,24)15-8-9-16(18)17(11-15)20(21)22/h3-9,11H,1,10,12H2,2H3. The van der Waals surface area contributed by atoms with Gasteiger partial charge in [-0.25, -0.2) is 8.42 Å². The van der Waals surface area contributed by atoms with Gasteiger partial charge in [0.15, 0.2) is 0 Å². The Labute approximate surface area is 150 Å². The van der Waals surface area contributed by atoms with Crippen molar-refractivity contribution in [3.8, 4) is 5.75 Å². The lowest BCUT2D eigenvalue weighted by Crippen LogP contribution is -2.26. The molecule has 0 aliphatic rings. The van der Waals surface area contributed by atoms with Crippen molar-refractivity contribution in [1.29, 1.82) is 0 Å². The molecule has 0 aliphatic heterocycles. The normalized spacial score (nSPS) is 11.3. The Morgan fingerprint density at radius 3 is 2.50 bits per heavy atom. The molecular formula is C17H17FN2O5S. The topological polar surface area (TPSA) is 89.8 Å². The Hall–Kier alpha value is -2.78. The Morgan fingerprint density at radius 1 is 1.27 bits per heavy atom. The van der Waals surface area contributed by atoms with Gasteiger partial charge >= 0.3 is 5.69 Å². The summed E-state index contributed by atoms with van der Waals surface area (Å²) < 4.78 is 44.9. The second kappa shape index (κ2) is 8.07. The molecule has 2 aromatic carbocycles. The Morgan fingerprint density at radius 2 is 1.92 bits per heavy atom. The Kier molecular flexibility index (Phi) is 6.06. The Balaban J connectivity index is 2.20. The molecule has 0 amide bonds. The van der Waals surface area contributed by atoms with Gasteiger partial charge in [-0.2, -0.15) is 8.70 Å². The zero-order valence-electron chi connectivity index (χ0n) is 14.0. The van der Waals surface area contributed by atoms with Gasteiger partial charge in [-0.1, -0.05) is 24.8 Å². The highest BCUT2D eigenvalue weighted by Crippen LogP contribution is 2.24. The summed E-state index contributed by atoms with van der Waals surface area (Å²) in [5, 5.41) is 10.8. The monoisotopic (exact) mass is 380 g/mol. The van der Waals surface area contributed by atoms with Crippen LogP contribution in [-0.2, 0) is 16.6 Å². The van der Waals surface area contributed by atoms with Crippen molar-refractivity contribution in [2.24, 2.45) is 0 Å². The summed E-state index contributed by atoms with van der Waals surface area (Å²) in [6.07, 6.45) is 1.61. The lowest BCUT2D eigenvalue weighted by atomic mass is 10.2. The summed E-state index contributed by atoms with van der Waals surface area (Å²) in [4.78, 5) is 9.50. The van der Waals surface area contributed by atoms with E-state index in [2.05, 4.69) is 6.58 Å². The van der Waals surface area contributed by atoms with Crippen LogP contribution in [0.5, 0.6) is 5.75 Å². The first-order chi connectivity index (χ1) is 12.3. The predicted octanol–water partition coefficient (Wildman–Crippen LogP) is 3.12. The highest BCUT2D eigenvalue weighted by atomic mass is 32.2. The van der Waals surface area contributed by atoms with Crippen molar-refractivity contribution in [2.75, 3.05) is 13.7 Å². The van der Waals surface area contributed by atoms with Crippen molar-refractivity contribution in [2.45, 2.75) is 11.4 Å². The molecule has 9 heteroatoms. The number of hydrogen-bond donors (Lipinski definition) is 0. The molecule has 0 fully saturated rings. The minimum absolute atomic E-state index is 0.0370. The summed E-state index contributed by atoms with van der Waals surface area (Å²) in [5.74, 6) is -0.472. The van der Waals surface area contributed by atoms with Gasteiger partial charge in [0.1, 0.15) is 12.4 Å². The maximum Gasteiger partial charge on any atom is 0.306 e. The van der Waals surface area contributed by atoms with E-state index in [0.29, 0.717) is 24.0 Å². The minimum atomic E-state index is -4.02. The van der Waals surface area contributed by atoms with Gasteiger partial charge in [0.25, 0.3) is 0 Å². The van der Waals surface area contributed by atoms with Crippen LogP contribution in [0.4, 0.5) is 10.1 Å². The largest absolute Gasteiger partial charge is 0.490 e. The van der Waals surface area contributed by atoms with Crippen LogP contribution in [0.2, 0.25) is 0 Å². The third-order valence-corrected chi connectivity index (χ3v) is 5.32. The second-order valence-corrected chi connectivity index (χ2v) is 7.42. The van der Waals surface area contributed by atoms with Crippen molar-refractivity contribution >= 4 is 15.7 Å². The molecule has 0 atom stereocenters. The van der Waals surface area contributed by atoms with Crippen molar-refractivity contribution in [3.05, 3.63) is 76.6 Å². The molecule has 0 bridgehead atoms. The maximum atomic E-state index is 13.4. The number of halogens is 1. The van der Waals surface area contributed by atoms with Gasteiger partial charge in [-0.3, -0.25) is 10.1 Å². The molecule has 0 aromatic heterocycles. The first kappa shape index (κ1) is 19.5. The molecule has 138 valence electrons. The molecule has 26 heavy (non-hydrogen) atoms. The number of rotatable bonds is 8. The number of ether oxygens (including phenoxy) is 1. The number of nitrogens with zero attached hydrogens (tertiary/aromatic N) is 2. The smallest absolute Gasteiger partial charge is 0.306 e. The van der Waals surface area contributed by atoms with Gasteiger partial charge < -0.3 is 4.74 Å². The third kappa shape index (κ3) is 4.44. The van der Waals surface area contributed by atoms with Crippen LogP contribution in [0.15, 0.2) is 60.0 Å². The van der Waals surface area contributed by atoms with E-state index in [1.54, 1.807) is 30.3 Å². The molecule has 0 aliphatic carbocycles. The number of sulfonamides is 1. The maximum absolute atomic E-state index is 13.4. The fourth-order valence-corrected chi connectivity index (χ4v) is 3.34. The van der Waals surface area contributed by atoms with E-state index in [1.807, 2.05) is 0 Å². The molecule has 2 aromatic rings. The van der Waals surface area contributed by atoms with E-state index < -0.39 is 26.5 Å². The molecule has 0 N–H and O–H groups in total. The second-order valence-electron chi connectivity index (χ2n) is 5.38. The lowest BCUT2D eigenvalue weighted by Gasteiger charge is -2.17. The van der Waals surface area contributed by atoms with E-state index in [1.165, 1.54) is 7.05 Å². The van der Waals surface area contributed by atoms with Gasteiger partial charge in [-0.05, 0) is 29.8 Å². The average molecular weight is 380 g/mol. The Bertz CT molecular complexity index is 913. The van der Waals surface area contributed by atoms with Crippen LogP contribution < -0.4 is 4.74 Å². The fourth-order valence-electron chi connectivity index (χ4n) is 2.16. The molecule has 0 spiro atoms. The van der Waals surface area contributed by atoms with E-state index in [4.69, 9.17) is 4.74 Å². The first-order valence-electron chi connectivity index (χ1n) is 7.48. The lowest BCUT2D eigenvalue weighted by molar-refractivity contribution is -0.387. The van der Waals surface area contributed by atoms with Crippen LogP contribution in [-0.4, -0.2) is 31.3 Å². The molecule has 7 nitrogen and oxygen atoms in total. The number of hydrogen-bond acceptors (Lipinski definition) is 5. The summed E-state index contributed by atoms with van der Waals surface area (Å²) >= 11 is 0. The van der Waals surface area contributed by atoms with Crippen LogP contribution in [0.3, 0.4) is 0 Å². The van der Waals surface area contributed by atoms with Crippen molar-refractivity contribution in [3.63, 3.8) is 0 Å². The van der Waals surface area contributed by atoms with Gasteiger partial charge in [-0.15, -0.1) is 0 Å². The van der Waals surface area contributed by atoms with Crippen LogP contribution in [0.25, 0.3) is 0 Å². The van der Waals surface area contributed by atoms with E-state index in [-0.39, 0.29) is 11.4 Å². The number of nitro benzene ring substituents is 1. The molecule has 0 saturated carbocycles. The van der Waals surface area contributed by atoms with Crippen LogP contribution >= 0.6 is 0 Å².